The van der Waals surface area contributed by atoms with Gasteiger partial charge in [0, 0.05) is 12.5 Å². The number of hydrogen-bond donors (Lipinski definition) is 1. The quantitative estimate of drug-likeness (QED) is 0.257. The van der Waals surface area contributed by atoms with Crippen LogP contribution in [0.4, 0.5) is 4.79 Å². The van der Waals surface area contributed by atoms with Gasteiger partial charge in [-0.05, 0) is 0 Å². The Bertz CT molecular complexity index is 267. The van der Waals surface area contributed by atoms with E-state index in [1.807, 2.05) is 20.8 Å². The van der Waals surface area contributed by atoms with Gasteiger partial charge in [-0.2, -0.15) is 0 Å². The Morgan fingerprint density at radius 1 is 1.50 bits per heavy atom. The number of nitrogens with zero attached hydrogens (tertiary/aromatic N) is 1. The second-order valence-electron chi connectivity index (χ2n) is 4.22. The standard InChI is InChI=1S/C11H20N2O3/c1-6-7-15-8-9(11(2,3)4)13-16-10(14)12-5/h6H,1,7-8H2,2-5H3,(H,12,14). The van der Waals surface area contributed by atoms with Gasteiger partial charge >= 0.3 is 6.09 Å². The molecule has 0 aliphatic heterocycles. The van der Waals surface area contributed by atoms with Crippen molar-refractivity contribution in [2.45, 2.75) is 20.8 Å². The summed E-state index contributed by atoms with van der Waals surface area (Å²) in [5, 5.41) is 6.10. The summed E-state index contributed by atoms with van der Waals surface area (Å²) >= 11 is 0. The lowest BCUT2D eigenvalue weighted by Gasteiger charge is -2.20. The van der Waals surface area contributed by atoms with Crippen molar-refractivity contribution < 1.29 is 14.4 Å². The molecule has 1 amide bonds. The molecule has 0 saturated carbocycles. The second-order valence-corrected chi connectivity index (χ2v) is 4.22. The molecule has 0 heterocycles. The minimum Gasteiger partial charge on any atom is -0.371 e. The van der Waals surface area contributed by atoms with Gasteiger partial charge in [0.25, 0.3) is 0 Å². The van der Waals surface area contributed by atoms with Crippen LogP contribution in [-0.2, 0) is 9.57 Å². The van der Waals surface area contributed by atoms with Crippen LogP contribution in [0.25, 0.3) is 0 Å². The van der Waals surface area contributed by atoms with E-state index in [1.54, 1.807) is 6.08 Å². The summed E-state index contributed by atoms with van der Waals surface area (Å²) in [4.78, 5) is 15.5. The Hall–Kier alpha value is -1.36. The number of amides is 1. The fourth-order valence-electron chi connectivity index (χ4n) is 0.761. The normalized spacial score (nSPS) is 12.1. The van der Waals surface area contributed by atoms with Gasteiger partial charge in [0.1, 0.15) is 0 Å². The van der Waals surface area contributed by atoms with Gasteiger partial charge in [-0.15, -0.1) is 6.58 Å². The van der Waals surface area contributed by atoms with Crippen LogP contribution < -0.4 is 5.32 Å². The summed E-state index contributed by atoms with van der Waals surface area (Å²) in [6.07, 6.45) is 1.06. The lowest BCUT2D eigenvalue weighted by molar-refractivity contribution is 0.147. The zero-order valence-electron chi connectivity index (χ0n) is 10.4. The number of carbonyl (C=O) groups is 1. The molecule has 92 valence electrons. The van der Waals surface area contributed by atoms with Crippen LogP contribution >= 0.6 is 0 Å². The van der Waals surface area contributed by atoms with Crippen molar-refractivity contribution in [3.63, 3.8) is 0 Å². The Morgan fingerprint density at radius 2 is 2.12 bits per heavy atom. The SMILES string of the molecule is C=CCOCC(=NOC(=O)NC)C(C)(C)C. The van der Waals surface area contributed by atoms with Crippen molar-refractivity contribution in [3.05, 3.63) is 12.7 Å². The Kier molecular flexibility index (Phi) is 6.41. The van der Waals surface area contributed by atoms with E-state index in [0.29, 0.717) is 18.9 Å². The van der Waals surface area contributed by atoms with E-state index in [4.69, 9.17) is 4.74 Å². The lowest BCUT2D eigenvalue weighted by Crippen LogP contribution is -2.27. The predicted octanol–water partition coefficient (Wildman–Crippen LogP) is 1.95. The average molecular weight is 228 g/mol. The van der Waals surface area contributed by atoms with E-state index in [0.717, 1.165) is 0 Å². The van der Waals surface area contributed by atoms with Gasteiger partial charge in [0.15, 0.2) is 0 Å². The van der Waals surface area contributed by atoms with Crippen LogP contribution in [0.2, 0.25) is 0 Å². The van der Waals surface area contributed by atoms with Crippen molar-refractivity contribution in [3.8, 4) is 0 Å². The van der Waals surface area contributed by atoms with Crippen molar-refractivity contribution in [2.24, 2.45) is 10.6 Å². The summed E-state index contributed by atoms with van der Waals surface area (Å²) in [7, 11) is 1.48. The van der Waals surface area contributed by atoms with Crippen LogP contribution in [0.15, 0.2) is 17.8 Å². The number of ether oxygens (including phenoxy) is 1. The lowest BCUT2D eigenvalue weighted by atomic mass is 9.90. The van der Waals surface area contributed by atoms with Crippen LogP contribution in [0.5, 0.6) is 0 Å². The van der Waals surface area contributed by atoms with Crippen molar-refractivity contribution >= 4 is 11.8 Å². The smallest absolute Gasteiger partial charge is 0.371 e. The molecule has 0 bridgehead atoms. The fourth-order valence-corrected chi connectivity index (χ4v) is 0.761. The molecule has 0 aromatic carbocycles. The van der Waals surface area contributed by atoms with E-state index in [-0.39, 0.29) is 5.41 Å². The van der Waals surface area contributed by atoms with Gasteiger partial charge in [0.05, 0.1) is 18.9 Å². The Morgan fingerprint density at radius 3 is 2.56 bits per heavy atom. The molecule has 0 aliphatic carbocycles. The summed E-state index contributed by atoms with van der Waals surface area (Å²) in [6.45, 7) is 10.2. The summed E-state index contributed by atoms with van der Waals surface area (Å²) < 4.78 is 5.28. The van der Waals surface area contributed by atoms with Gasteiger partial charge in [0.2, 0.25) is 0 Å². The molecule has 1 N–H and O–H groups in total. The maximum atomic E-state index is 10.9. The Balaban J connectivity index is 4.42. The maximum absolute atomic E-state index is 10.9. The first kappa shape index (κ1) is 14.6. The molecule has 5 heteroatoms. The summed E-state index contributed by atoms with van der Waals surface area (Å²) in [5.74, 6) is 0. The van der Waals surface area contributed by atoms with Gasteiger partial charge < -0.3 is 10.1 Å². The van der Waals surface area contributed by atoms with Crippen molar-refractivity contribution in [2.75, 3.05) is 20.3 Å². The minimum atomic E-state index is -0.592. The third-order valence-corrected chi connectivity index (χ3v) is 1.78. The maximum Gasteiger partial charge on any atom is 0.433 e. The molecule has 16 heavy (non-hydrogen) atoms. The molecule has 0 fully saturated rings. The number of oxime groups is 1. The van der Waals surface area contributed by atoms with Gasteiger partial charge in [-0.1, -0.05) is 32.0 Å². The number of carbonyl (C=O) groups excluding carboxylic acids is 1. The molecule has 0 aromatic heterocycles. The van der Waals surface area contributed by atoms with E-state index in [1.165, 1.54) is 7.05 Å². The molecule has 0 rings (SSSR count). The molecular formula is C11H20N2O3. The minimum absolute atomic E-state index is 0.213. The largest absolute Gasteiger partial charge is 0.433 e. The topological polar surface area (TPSA) is 59.9 Å². The summed E-state index contributed by atoms with van der Waals surface area (Å²) in [6, 6.07) is 0. The first-order valence-corrected chi connectivity index (χ1v) is 5.06. The molecule has 0 saturated heterocycles. The van der Waals surface area contributed by atoms with Crippen molar-refractivity contribution in [1.82, 2.24) is 5.32 Å². The first-order chi connectivity index (χ1) is 7.41. The number of hydrogen-bond acceptors (Lipinski definition) is 4. The molecule has 0 aromatic rings. The zero-order valence-corrected chi connectivity index (χ0v) is 10.4. The van der Waals surface area contributed by atoms with Crippen molar-refractivity contribution in [1.29, 1.82) is 0 Å². The number of rotatable bonds is 5. The van der Waals surface area contributed by atoms with Gasteiger partial charge in [-0.25, -0.2) is 4.79 Å². The van der Waals surface area contributed by atoms with E-state index >= 15 is 0 Å². The third-order valence-electron chi connectivity index (χ3n) is 1.78. The first-order valence-electron chi connectivity index (χ1n) is 5.06. The van der Waals surface area contributed by atoms with E-state index in [2.05, 4.69) is 21.9 Å². The van der Waals surface area contributed by atoms with Crippen LogP contribution in [0.1, 0.15) is 20.8 Å². The van der Waals surface area contributed by atoms with Crippen LogP contribution in [-0.4, -0.2) is 32.1 Å². The van der Waals surface area contributed by atoms with Crippen LogP contribution in [0.3, 0.4) is 0 Å². The Labute approximate surface area is 96.5 Å². The average Bonchev–Trinajstić information content (AvgIpc) is 2.20. The molecule has 5 nitrogen and oxygen atoms in total. The highest BCUT2D eigenvalue weighted by Gasteiger charge is 2.20. The van der Waals surface area contributed by atoms with Gasteiger partial charge in [-0.3, -0.25) is 4.84 Å². The predicted molar refractivity (Wildman–Crippen MR) is 63.4 cm³/mol. The second kappa shape index (κ2) is 7.00. The molecule has 0 aliphatic rings. The highest BCUT2D eigenvalue weighted by Crippen LogP contribution is 2.16. The van der Waals surface area contributed by atoms with E-state index < -0.39 is 6.09 Å². The molecule has 0 atom stereocenters. The highest BCUT2D eigenvalue weighted by atomic mass is 16.7. The summed E-state index contributed by atoms with van der Waals surface area (Å²) in [5.41, 5.74) is 0.452. The number of nitrogens with one attached hydrogen (secondary N) is 1. The third kappa shape index (κ3) is 6.19. The monoisotopic (exact) mass is 228 g/mol. The zero-order chi connectivity index (χ0) is 12.6. The molecule has 0 unspecified atom stereocenters. The van der Waals surface area contributed by atoms with E-state index in [9.17, 15) is 4.79 Å². The molecular weight excluding hydrogens is 208 g/mol. The highest BCUT2D eigenvalue weighted by molar-refractivity contribution is 5.90. The molecule has 0 spiro atoms. The fraction of sp³-hybridized carbons (Fsp3) is 0.636. The molecule has 0 radical (unpaired) electrons. The van der Waals surface area contributed by atoms with Crippen LogP contribution in [0, 0.1) is 5.41 Å².